The Morgan fingerprint density at radius 1 is 1.17 bits per heavy atom. The van der Waals surface area contributed by atoms with Gasteiger partial charge < -0.3 is 19.5 Å². The predicted molar refractivity (Wildman–Crippen MR) is 107 cm³/mol. The molecule has 0 bridgehead atoms. The first-order chi connectivity index (χ1) is 14.4. The molecule has 4 amide bonds. The predicted octanol–water partition coefficient (Wildman–Crippen LogP) is 3.28. The highest BCUT2D eigenvalue weighted by Crippen LogP contribution is 2.29. The first-order valence-corrected chi connectivity index (χ1v) is 9.54. The fourth-order valence-corrected chi connectivity index (χ4v) is 3.32. The minimum atomic E-state index is -1.34. The molecule has 0 radical (unpaired) electrons. The zero-order chi connectivity index (χ0) is 21.3. The van der Waals surface area contributed by atoms with Crippen LogP contribution in [0.15, 0.2) is 63.6 Å². The van der Waals surface area contributed by atoms with Gasteiger partial charge in [0.15, 0.2) is 5.54 Å². The zero-order valence-corrected chi connectivity index (χ0v) is 16.7. The molecule has 1 atom stereocenters. The van der Waals surface area contributed by atoms with Crippen molar-refractivity contribution in [1.29, 1.82) is 0 Å². The van der Waals surface area contributed by atoms with E-state index in [1.807, 2.05) is 12.1 Å². The number of benzene rings is 1. The summed E-state index contributed by atoms with van der Waals surface area (Å²) in [6, 6.07) is 13.3. The summed E-state index contributed by atoms with van der Waals surface area (Å²) in [6.07, 6.45) is 1.41. The number of carbonyl (C=O) groups excluding carboxylic acids is 3. The average molecular weight is 428 g/mol. The molecule has 9 heteroatoms. The van der Waals surface area contributed by atoms with Gasteiger partial charge in [0.1, 0.15) is 23.8 Å². The van der Waals surface area contributed by atoms with E-state index in [0.717, 1.165) is 10.5 Å². The van der Waals surface area contributed by atoms with Gasteiger partial charge in [0.25, 0.3) is 5.91 Å². The Kier molecular flexibility index (Phi) is 5.09. The number of amides is 4. The van der Waals surface area contributed by atoms with E-state index in [0.29, 0.717) is 22.3 Å². The Labute approximate surface area is 176 Å². The number of hydrogen-bond donors (Lipinski definition) is 2. The first-order valence-electron chi connectivity index (χ1n) is 9.16. The summed E-state index contributed by atoms with van der Waals surface area (Å²) in [5, 5.41) is 5.85. The summed E-state index contributed by atoms with van der Waals surface area (Å²) in [7, 11) is 0. The lowest BCUT2D eigenvalue weighted by Crippen LogP contribution is -2.43. The molecule has 154 valence electrons. The van der Waals surface area contributed by atoms with Gasteiger partial charge in [-0.25, -0.2) is 4.79 Å². The minimum absolute atomic E-state index is 0.117. The summed E-state index contributed by atoms with van der Waals surface area (Å²) in [4.78, 5) is 38.1. The van der Waals surface area contributed by atoms with Crippen LogP contribution in [0.2, 0.25) is 5.02 Å². The number of nitrogens with one attached hydrogen (secondary N) is 2. The van der Waals surface area contributed by atoms with Crippen molar-refractivity contribution in [3.8, 4) is 11.3 Å². The van der Waals surface area contributed by atoms with Gasteiger partial charge in [0, 0.05) is 10.6 Å². The Morgan fingerprint density at radius 2 is 1.93 bits per heavy atom. The number of furan rings is 2. The van der Waals surface area contributed by atoms with E-state index in [2.05, 4.69) is 10.6 Å². The maximum atomic E-state index is 12.7. The smallest absolute Gasteiger partial charge is 0.325 e. The van der Waals surface area contributed by atoms with Crippen LogP contribution >= 0.6 is 11.6 Å². The van der Waals surface area contributed by atoms with E-state index in [-0.39, 0.29) is 6.54 Å². The van der Waals surface area contributed by atoms with Crippen LogP contribution in [0.3, 0.4) is 0 Å². The van der Waals surface area contributed by atoms with Crippen LogP contribution in [0.1, 0.15) is 18.4 Å². The number of rotatable bonds is 6. The van der Waals surface area contributed by atoms with Crippen molar-refractivity contribution in [2.24, 2.45) is 0 Å². The van der Waals surface area contributed by atoms with Crippen LogP contribution in [-0.2, 0) is 21.7 Å². The Bertz CT molecular complexity index is 1090. The highest BCUT2D eigenvalue weighted by atomic mass is 35.5. The minimum Gasteiger partial charge on any atom is -0.466 e. The van der Waals surface area contributed by atoms with Crippen molar-refractivity contribution >= 4 is 29.4 Å². The molecule has 8 nitrogen and oxygen atoms in total. The van der Waals surface area contributed by atoms with Gasteiger partial charge in [0.2, 0.25) is 5.91 Å². The summed E-state index contributed by atoms with van der Waals surface area (Å²) in [5.41, 5.74) is -0.483. The monoisotopic (exact) mass is 427 g/mol. The normalized spacial score (nSPS) is 18.5. The number of halogens is 1. The summed E-state index contributed by atoms with van der Waals surface area (Å²) >= 11 is 5.89. The van der Waals surface area contributed by atoms with Gasteiger partial charge in [-0.05, 0) is 55.5 Å². The number of hydrogen-bond acceptors (Lipinski definition) is 5. The van der Waals surface area contributed by atoms with E-state index in [1.165, 1.54) is 13.2 Å². The number of carbonyl (C=O) groups is 3. The maximum Gasteiger partial charge on any atom is 0.325 e. The molecule has 1 aromatic carbocycles. The molecule has 30 heavy (non-hydrogen) atoms. The van der Waals surface area contributed by atoms with Crippen LogP contribution in [0.25, 0.3) is 11.3 Å². The lowest BCUT2D eigenvalue weighted by molar-refractivity contribution is -0.135. The lowest BCUT2D eigenvalue weighted by atomic mass is 9.99. The maximum absolute atomic E-state index is 12.7. The van der Waals surface area contributed by atoms with Crippen molar-refractivity contribution in [3.05, 3.63) is 71.3 Å². The van der Waals surface area contributed by atoms with Crippen molar-refractivity contribution < 1.29 is 23.2 Å². The molecule has 3 heterocycles. The van der Waals surface area contributed by atoms with Gasteiger partial charge in [-0.1, -0.05) is 11.6 Å². The van der Waals surface area contributed by atoms with Crippen molar-refractivity contribution in [3.63, 3.8) is 0 Å². The molecule has 3 aromatic rings. The lowest BCUT2D eigenvalue weighted by Gasteiger charge is -2.18. The summed E-state index contributed by atoms with van der Waals surface area (Å²) in [5.74, 6) is 0.423. The van der Waals surface area contributed by atoms with Crippen LogP contribution in [-0.4, -0.2) is 29.3 Å². The fourth-order valence-electron chi connectivity index (χ4n) is 3.20. The Hall–Kier alpha value is -3.52. The van der Waals surface area contributed by atoms with Crippen molar-refractivity contribution in [2.45, 2.75) is 19.0 Å². The number of imide groups is 1. The molecule has 1 saturated heterocycles. The third-order valence-electron chi connectivity index (χ3n) is 4.84. The zero-order valence-electron chi connectivity index (χ0n) is 16.0. The van der Waals surface area contributed by atoms with Crippen LogP contribution in [0, 0.1) is 0 Å². The second-order valence-electron chi connectivity index (χ2n) is 6.97. The van der Waals surface area contributed by atoms with Crippen LogP contribution in [0.5, 0.6) is 0 Å². The highest BCUT2D eigenvalue weighted by Gasteiger charge is 2.51. The molecule has 2 aromatic heterocycles. The molecule has 1 unspecified atom stereocenters. The van der Waals surface area contributed by atoms with Gasteiger partial charge in [-0.2, -0.15) is 0 Å². The molecule has 0 aliphatic carbocycles. The van der Waals surface area contributed by atoms with Gasteiger partial charge in [-0.15, -0.1) is 0 Å². The Balaban J connectivity index is 1.36. The fraction of sp³-hybridized carbons (Fsp3) is 0.190. The van der Waals surface area contributed by atoms with E-state index in [4.69, 9.17) is 20.4 Å². The van der Waals surface area contributed by atoms with E-state index < -0.39 is 29.9 Å². The molecule has 1 fully saturated rings. The third kappa shape index (κ3) is 3.69. The largest absolute Gasteiger partial charge is 0.466 e. The molecule has 0 saturated carbocycles. The topological polar surface area (TPSA) is 105 Å². The second kappa shape index (κ2) is 7.72. The van der Waals surface area contributed by atoms with Crippen LogP contribution in [0.4, 0.5) is 4.79 Å². The molecule has 4 rings (SSSR count). The van der Waals surface area contributed by atoms with Crippen molar-refractivity contribution in [1.82, 2.24) is 15.5 Å². The molecule has 1 aliphatic heterocycles. The number of nitrogens with zero attached hydrogens (tertiary/aromatic N) is 1. The van der Waals surface area contributed by atoms with Crippen LogP contribution < -0.4 is 10.6 Å². The third-order valence-corrected chi connectivity index (χ3v) is 5.09. The summed E-state index contributed by atoms with van der Waals surface area (Å²) in [6.45, 7) is 1.24. The molecule has 0 spiro atoms. The first kappa shape index (κ1) is 19.8. The van der Waals surface area contributed by atoms with E-state index >= 15 is 0 Å². The second-order valence-corrected chi connectivity index (χ2v) is 7.41. The van der Waals surface area contributed by atoms with Gasteiger partial charge in [-0.3, -0.25) is 14.5 Å². The van der Waals surface area contributed by atoms with E-state index in [9.17, 15) is 14.4 Å². The standard InChI is InChI=1S/C21H18ClN3O5/c1-21(17-3-2-10-29-17)19(27)25(20(28)24-21)12-18(26)23-11-15-8-9-16(30-15)13-4-6-14(22)7-5-13/h2-10H,11-12H2,1H3,(H,23,26)(H,24,28). The summed E-state index contributed by atoms with van der Waals surface area (Å²) < 4.78 is 11.0. The molecule has 1 aliphatic rings. The number of urea groups is 1. The quantitative estimate of drug-likeness (QED) is 0.587. The van der Waals surface area contributed by atoms with Gasteiger partial charge >= 0.3 is 6.03 Å². The molecular weight excluding hydrogens is 410 g/mol. The van der Waals surface area contributed by atoms with Gasteiger partial charge in [0.05, 0.1) is 12.8 Å². The van der Waals surface area contributed by atoms with Crippen molar-refractivity contribution in [2.75, 3.05) is 6.54 Å². The SMILES string of the molecule is CC1(c2ccco2)NC(=O)N(CC(=O)NCc2ccc(-c3ccc(Cl)cc3)o2)C1=O. The molecular formula is C21H18ClN3O5. The average Bonchev–Trinajstić information content (AvgIpc) is 3.46. The molecule has 2 N–H and O–H groups in total. The highest BCUT2D eigenvalue weighted by molar-refractivity contribution is 6.30. The Morgan fingerprint density at radius 3 is 2.63 bits per heavy atom. The van der Waals surface area contributed by atoms with E-state index in [1.54, 1.807) is 36.4 Å².